The van der Waals surface area contributed by atoms with Gasteiger partial charge in [-0.3, -0.25) is 4.79 Å². The minimum atomic E-state index is -1.09. The number of aldehydes is 1. The van der Waals surface area contributed by atoms with E-state index in [1.54, 1.807) is 30.5 Å². The van der Waals surface area contributed by atoms with Crippen LogP contribution in [0, 0.1) is 13.8 Å². The molecule has 0 spiro atoms. The van der Waals surface area contributed by atoms with Gasteiger partial charge in [0.1, 0.15) is 11.4 Å². The molecule has 0 amide bonds. The summed E-state index contributed by atoms with van der Waals surface area (Å²) in [6.07, 6.45) is 0.674. The maximum Gasteiger partial charge on any atom is 0.352 e. The van der Waals surface area contributed by atoms with Crippen molar-refractivity contribution >= 4 is 35.2 Å². The molecule has 6 nitrogen and oxygen atoms in total. The van der Waals surface area contributed by atoms with E-state index in [9.17, 15) is 14.7 Å². The first kappa shape index (κ1) is 16.5. The molecule has 8 heteroatoms. The summed E-state index contributed by atoms with van der Waals surface area (Å²) in [4.78, 5) is 23.6. The van der Waals surface area contributed by atoms with Gasteiger partial charge in [0, 0.05) is 17.3 Å². The fraction of sp³-hybridized carbons (Fsp3) is 0.188. The molecule has 0 aliphatic carbocycles. The third-order valence-electron chi connectivity index (χ3n) is 3.86. The zero-order valence-electron chi connectivity index (χ0n) is 12.9. The van der Waals surface area contributed by atoms with E-state index in [4.69, 9.17) is 16.1 Å². The second-order valence-electron chi connectivity index (χ2n) is 5.26. The van der Waals surface area contributed by atoms with Gasteiger partial charge in [0.15, 0.2) is 12.0 Å². The molecule has 3 rings (SSSR count). The van der Waals surface area contributed by atoms with Gasteiger partial charge >= 0.3 is 5.97 Å². The van der Waals surface area contributed by atoms with E-state index in [0.29, 0.717) is 39.6 Å². The Morgan fingerprint density at radius 2 is 2.25 bits per heavy atom. The third-order valence-corrected chi connectivity index (χ3v) is 5.22. The number of nitrogens with zero attached hydrogens (tertiary/aromatic N) is 2. The molecule has 0 bridgehead atoms. The normalized spacial score (nSPS) is 11.0. The van der Waals surface area contributed by atoms with Crippen LogP contribution in [0.4, 0.5) is 0 Å². The maximum absolute atomic E-state index is 11.6. The van der Waals surface area contributed by atoms with Crippen molar-refractivity contribution in [2.45, 2.75) is 20.4 Å². The molecule has 0 fully saturated rings. The number of carbonyl (C=O) groups is 2. The zero-order valence-corrected chi connectivity index (χ0v) is 14.4. The summed E-state index contributed by atoms with van der Waals surface area (Å²) < 4.78 is 6.87. The highest BCUT2D eigenvalue weighted by atomic mass is 35.5. The van der Waals surface area contributed by atoms with E-state index in [1.165, 1.54) is 11.3 Å². The Morgan fingerprint density at radius 1 is 1.50 bits per heavy atom. The van der Waals surface area contributed by atoms with Crippen LogP contribution in [-0.2, 0) is 6.54 Å². The molecule has 3 aromatic rings. The molecule has 24 heavy (non-hydrogen) atoms. The number of carboxylic acid groups (broad SMARTS) is 1. The standard InChI is InChI=1S/C16H13ClN2O4S/c1-8-11(7-20)9(2)19(14(8)16(21)22)6-10-5-13(23-18-10)15-12(17)3-4-24-15/h3-5,7H,6H2,1-2H3,(H,21,22). The van der Waals surface area contributed by atoms with Crippen LogP contribution in [0.2, 0.25) is 5.02 Å². The minimum absolute atomic E-state index is 0.0771. The van der Waals surface area contributed by atoms with Gasteiger partial charge < -0.3 is 14.2 Å². The van der Waals surface area contributed by atoms with Crippen LogP contribution < -0.4 is 0 Å². The Bertz CT molecular complexity index is 938. The van der Waals surface area contributed by atoms with Crippen LogP contribution in [0.5, 0.6) is 0 Å². The highest BCUT2D eigenvalue weighted by Crippen LogP contribution is 2.33. The first-order valence-electron chi connectivity index (χ1n) is 7.01. The fourth-order valence-corrected chi connectivity index (χ4v) is 3.78. The third kappa shape index (κ3) is 2.65. The molecule has 1 N–H and O–H groups in total. The number of carbonyl (C=O) groups excluding carboxylic acids is 1. The van der Waals surface area contributed by atoms with Crippen molar-refractivity contribution in [2.75, 3.05) is 0 Å². The van der Waals surface area contributed by atoms with Gasteiger partial charge in [0.2, 0.25) is 0 Å². The van der Waals surface area contributed by atoms with Gasteiger partial charge in [-0.05, 0) is 30.9 Å². The predicted octanol–water partition coefficient (Wildman–Crippen LogP) is 4.03. The molecule has 0 unspecified atom stereocenters. The number of hydrogen-bond donors (Lipinski definition) is 1. The maximum atomic E-state index is 11.6. The molecule has 0 radical (unpaired) electrons. The highest BCUT2D eigenvalue weighted by Gasteiger charge is 2.23. The van der Waals surface area contributed by atoms with E-state index in [0.717, 1.165) is 4.88 Å². The Kier molecular flexibility index (Phi) is 4.29. The van der Waals surface area contributed by atoms with Crippen molar-refractivity contribution in [1.82, 2.24) is 9.72 Å². The van der Waals surface area contributed by atoms with Gasteiger partial charge in [0.25, 0.3) is 0 Å². The summed E-state index contributed by atoms with van der Waals surface area (Å²) in [6.45, 7) is 3.52. The summed E-state index contributed by atoms with van der Waals surface area (Å²) in [5, 5.41) is 15.9. The largest absolute Gasteiger partial charge is 0.477 e. The van der Waals surface area contributed by atoms with E-state index < -0.39 is 5.97 Å². The summed E-state index contributed by atoms with van der Waals surface area (Å²) >= 11 is 7.51. The first-order valence-corrected chi connectivity index (χ1v) is 8.27. The van der Waals surface area contributed by atoms with Crippen molar-refractivity contribution in [2.24, 2.45) is 0 Å². The SMILES string of the molecule is Cc1c(C=O)c(C)n(Cc2cc(-c3sccc3Cl)on2)c1C(=O)O. The molecule has 0 aliphatic heterocycles. The van der Waals surface area contributed by atoms with Gasteiger partial charge in [-0.1, -0.05) is 16.8 Å². The smallest absolute Gasteiger partial charge is 0.352 e. The lowest BCUT2D eigenvalue weighted by Crippen LogP contribution is -2.12. The molecular weight excluding hydrogens is 352 g/mol. The van der Waals surface area contributed by atoms with Crippen molar-refractivity contribution < 1.29 is 19.2 Å². The monoisotopic (exact) mass is 364 g/mol. The Hall–Kier alpha value is -2.38. The van der Waals surface area contributed by atoms with Gasteiger partial charge in [-0.25, -0.2) is 4.79 Å². The van der Waals surface area contributed by atoms with Crippen molar-refractivity contribution in [3.63, 3.8) is 0 Å². The molecule has 0 saturated heterocycles. The fourth-order valence-electron chi connectivity index (χ4n) is 2.69. The number of aromatic nitrogens is 2. The van der Waals surface area contributed by atoms with Gasteiger partial charge in [-0.15, -0.1) is 11.3 Å². The summed E-state index contributed by atoms with van der Waals surface area (Å²) in [6, 6.07) is 3.49. The number of hydrogen-bond acceptors (Lipinski definition) is 5. The molecule has 0 aliphatic rings. The molecule has 0 aromatic carbocycles. The number of rotatable bonds is 5. The predicted molar refractivity (Wildman–Crippen MR) is 90.2 cm³/mol. The van der Waals surface area contributed by atoms with Crippen LogP contribution in [0.25, 0.3) is 10.6 Å². The Morgan fingerprint density at radius 3 is 2.83 bits per heavy atom. The van der Waals surface area contributed by atoms with Gasteiger partial charge in [0.05, 0.1) is 16.4 Å². The van der Waals surface area contributed by atoms with E-state index in [1.807, 2.05) is 5.38 Å². The highest BCUT2D eigenvalue weighted by molar-refractivity contribution is 7.14. The average molecular weight is 365 g/mol. The van der Waals surface area contributed by atoms with E-state index in [-0.39, 0.29) is 12.2 Å². The zero-order chi connectivity index (χ0) is 17.4. The summed E-state index contributed by atoms with van der Waals surface area (Å²) in [7, 11) is 0. The molecule has 3 heterocycles. The lowest BCUT2D eigenvalue weighted by Gasteiger charge is -2.07. The molecular formula is C16H13ClN2O4S. The van der Waals surface area contributed by atoms with E-state index in [2.05, 4.69) is 5.16 Å². The van der Waals surface area contributed by atoms with Gasteiger partial charge in [-0.2, -0.15) is 0 Å². The topological polar surface area (TPSA) is 85.3 Å². The first-order chi connectivity index (χ1) is 11.4. The Labute approximate surface area is 146 Å². The van der Waals surface area contributed by atoms with Crippen molar-refractivity contribution in [3.8, 4) is 10.6 Å². The minimum Gasteiger partial charge on any atom is -0.477 e. The lowest BCUT2D eigenvalue weighted by molar-refractivity contribution is 0.0684. The number of carboxylic acids is 1. The molecule has 0 atom stereocenters. The molecule has 3 aromatic heterocycles. The van der Waals surface area contributed by atoms with Crippen LogP contribution in [0.1, 0.15) is 37.8 Å². The summed E-state index contributed by atoms with van der Waals surface area (Å²) in [5.74, 6) is -0.562. The van der Waals surface area contributed by atoms with E-state index >= 15 is 0 Å². The number of aromatic carboxylic acids is 1. The van der Waals surface area contributed by atoms with Crippen LogP contribution >= 0.6 is 22.9 Å². The molecule has 0 saturated carbocycles. The number of thiophene rings is 1. The van der Waals surface area contributed by atoms with Crippen molar-refractivity contribution in [3.05, 3.63) is 50.7 Å². The second kappa shape index (κ2) is 6.26. The number of halogens is 1. The van der Waals surface area contributed by atoms with Crippen molar-refractivity contribution in [1.29, 1.82) is 0 Å². The van der Waals surface area contributed by atoms with Crippen LogP contribution in [0.15, 0.2) is 22.0 Å². The Balaban J connectivity index is 2.01. The quantitative estimate of drug-likeness (QED) is 0.691. The lowest BCUT2D eigenvalue weighted by atomic mass is 10.1. The summed E-state index contributed by atoms with van der Waals surface area (Å²) in [5.41, 5.74) is 2.04. The van der Waals surface area contributed by atoms with Crippen LogP contribution in [0.3, 0.4) is 0 Å². The second-order valence-corrected chi connectivity index (χ2v) is 6.59. The average Bonchev–Trinajstić information content (AvgIpc) is 3.19. The van der Waals surface area contributed by atoms with Crippen LogP contribution in [-0.4, -0.2) is 27.1 Å². The molecule has 124 valence electrons.